The number of ether oxygens (including phenoxy) is 1. The molecule has 0 radical (unpaired) electrons. The van der Waals surface area contributed by atoms with Gasteiger partial charge in [0.05, 0.1) is 4.90 Å². The molecule has 0 aliphatic rings. The molecule has 2 rings (SSSR count). The van der Waals surface area contributed by atoms with Crippen molar-refractivity contribution in [2.45, 2.75) is 38.1 Å². The van der Waals surface area contributed by atoms with E-state index in [1.807, 2.05) is 19.1 Å². The second kappa shape index (κ2) is 8.41. The summed E-state index contributed by atoms with van der Waals surface area (Å²) >= 11 is 3.37. The molecule has 0 atom stereocenters. The molecule has 0 bridgehead atoms. The molecule has 0 aliphatic carbocycles. The quantitative estimate of drug-likeness (QED) is 0.693. The molecule has 0 heterocycles. The van der Waals surface area contributed by atoms with E-state index in [0.717, 1.165) is 10.0 Å². The standard InChI is InChI=1S/C19H23BrN2O4S/c1-13-11-14(20)5-10-17(13)26-12-18(23)21-15-6-8-16(9-7-15)27(24,25)22-19(2,3)4/h5-11,22H,12H2,1-4H3,(H,21,23). The van der Waals surface area contributed by atoms with E-state index in [9.17, 15) is 13.2 Å². The number of benzene rings is 2. The van der Waals surface area contributed by atoms with Crippen LogP contribution in [-0.2, 0) is 14.8 Å². The van der Waals surface area contributed by atoms with Crippen LogP contribution in [0.1, 0.15) is 26.3 Å². The van der Waals surface area contributed by atoms with Gasteiger partial charge in [0, 0.05) is 15.7 Å². The summed E-state index contributed by atoms with van der Waals surface area (Å²) in [6.45, 7) is 7.06. The number of nitrogens with one attached hydrogen (secondary N) is 2. The van der Waals surface area contributed by atoms with E-state index in [1.165, 1.54) is 12.1 Å². The van der Waals surface area contributed by atoms with Gasteiger partial charge in [-0.2, -0.15) is 0 Å². The van der Waals surface area contributed by atoms with Gasteiger partial charge >= 0.3 is 0 Å². The zero-order valence-corrected chi connectivity index (χ0v) is 18.1. The summed E-state index contributed by atoms with van der Waals surface area (Å²) in [4.78, 5) is 12.2. The number of hydrogen-bond acceptors (Lipinski definition) is 4. The van der Waals surface area contributed by atoms with Crippen molar-refractivity contribution in [1.29, 1.82) is 0 Å². The molecule has 2 aromatic rings. The van der Waals surface area contributed by atoms with Gasteiger partial charge in [-0.3, -0.25) is 4.79 Å². The molecule has 0 fully saturated rings. The van der Waals surface area contributed by atoms with E-state index < -0.39 is 15.6 Å². The molecule has 1 amide bonds. The minimum atomic E-state index is -3.61. The summed E-state index contributed by atoms with van der Waals surface area (Å²) in [5.41, 5.74) is 0.831. The monoisotopic (exact) mass is 454 g/mol. The molecule has 6 nitrogen and oxygen atoms in total. The van der Waals surface area contributed by atoms with Crippen LogP contribution in [0.4, 0.5) is 5.69 Å². The first-order chi connectivity index (χ1) is 12.5. The van der Waals surface area contributed by atoms with Crippen molar-refractivity contribution in [3.05, 3.63) is 52.5 Å². The van der Waals surface area contributed by atoms with Crippen LogP contribution in [0.3, 0.4) is 0 Å². The first-order valence-corrected chi connectivity index (χ1v) is 10.6. The summed E-state index contributed by atoms with van der Waals surface area (Å²) in [6, 6.07) is 11.5. The molecular formula is C19H23BrN2O4S. The van der Waals surface area contributed by atoms with Crippen LogP contribution in [0.2, 0.25) is 0 Å². The molecule has 146 valence electrons. The highest BCUT2D eigenvalue weighted by atomic mass is 79.9. The van der Waals surface area contributed by atoms with E-state index >= 15 is 0 Å². The number of anilines is 1. The predicted molar refractivity (Wildman–Crippen MR) is 110 cm³/mol. The van der Waals surface area contributed by atoms with Gasteiger partial charge < -0.3 is 10.1 Å². The van der Waals surface area contributed by atoms with Crippen molar-refractivity contribution >= 4 is 37.5 Å². The molecule has 8 heteroatoms. The Morgan fingerprint density at radius 3 is 2.30 bits per heavy atom. The van der Waals surface area contributed by atoms with Crippen LogP contribution in [0.5, 0.6) is 5.75 Å². The minimum Gasteiger partial charge on any atom is -0.483 e. The summed E-state index contributed by atoms with van der Waals surface area (Å²) < 4.78 is 33.6. The number of carbonyl (C=O) groups excluding carboxylic acids is 1. The van der Waals surface area contributed by atoms with Crippen LogP contribution in [0.25, 0.3) is 0 Å². The fraction of sp³-hybridized carbons (Fsp3) is 0.316. The highest BCUT2D eigenvalue weighted by molar-refractivity contribution is 9.10. The largest absolute Gasteiger partial charge is 0.483 e. The maximum atomic E-state index is 12.3. The summed E-state index contributed by atoms with van der Waals surface area (Å²) in [7, 11) is -3.61. The van der Waals surface area contributed by atoms with Crippen molar-refractivity contribution < 1.29 is 17.9 Å². The van der Waals surface area contributed by atoms with E-state index in [4.69, 9.17) is 4.74 Å². The lowest BCUT2D eigenvalue weighted by atomic mass is 10.1. The number of sulfonamides is 1. The smallest absolute Gasteiger partial charge is 0.262 e. The Labute approximate surface area is 168 Å². The Balaban J connectivity index is 1.96. The fourth-order valence-electron chi connectivity index (χ4n) is 2.29. The van der Waals surface area contributed by atoms with E-state index in [-0.39, 0.29) is 17.4 Å². The molecule has 0 saturated carbocycles. The molecule has 0 spiro atoms. The second-order valence-electron chi connectivity index (χ2n) is 7.13. The maximum Gasteiger partial charge on any atom is 0.262 e. The van der Waals surface area contributed by atoms with E-state index in [2.05, 4.69) is 26.0 Å². The Bertz CT molecular complexity index is 920. The molecule has 0 unspecified atom stereocenters. The van der Waals surface area contributed by atoms with Crippen LogP contribution in [-0.4, -0.2) is 26.5 Å². The first-order valence-electron chi connectivity index (χ1n) is 8.29. The Hall–Kier alpha value is -1.90. The molecule has 0 aliphatic heterocycles. The van der Waals surface area contributed by atoms with Crippen LogP contribution >= 0.6 is 15.9 Å². The Kier molecular flexibility index (Phi) is 6.67. The van der Waals surface area contributed by atoms with Crippen molar-refractivity contribution in [1.82, 2.24) is 4.72 Å². The van der Waals surface area contributed by atoms with Crippen molar-refractivity contribution in [2.75, 3.05) is 11.9 Å². The van der Waals surface area contributed by atoms with Gasteiger partial charge in [-0.15, -0.1) is 0 Å². The Morgan fingerprint density at radius 1 is 1.11 bits per heavy atom. The minimum absolute atomic E-state index is 0.136. The average Bonchev–Trinajstić information content (AvgIpc) is 2.52. The van der Waals surface area contributed by atoms with Gasteiger partial charge in [0.2, 0.25) is 10.0 Å². The molecular weight excluding hydrogens is 432 g/mol. The molecule has 2 N–H and O–H groups in total. The zero-order valence-electron chi connectivity index (χ0n) is 15.7. The predicted octanol–water partition coefficient (Wildman–Crippen LogP) is 3.85. The maximum absolute atomic E-state index is 12.3. The molecule has 27 heavy (non-hydrogen) atoms. The number of halogens is 1. The second-order valence-corrected chi connectivity index (χ2v) is 9.72. The van der Waals surface area contributed by atoms with Gasteiger partial charge in [-0.1, -0.05) is 15.9 Å². The zero-order chi connectivity index (χ0) is 20.2. The topological polar surface area (TPSA) is 84.5 Å². The normalized spacial score (nSPS) is 11.9. The lowest BCUT2D eigenvalue weighted by Crippen LogP contribution is -2.40. The van der Waals surface area contributed by atoms with Crippen LogP contribution < -0.4 is 14.8 Å². The van der Waals surface area contributed by atoms with Crippen molar-refractivity contribution in [3.63, 3.8) is 0 Å². The third kappa shape index (κ3) is 6.64. The molecule has 0 saturated heterocycles. The van der Waals surface area contributed by atoms with Gasteiger partial charge in [-0.25, -0.2) is 13.1 Å². The third-order valence-corrected chi connectivity index (χ3v) is 5.65. The highest BCUT2D eigenvalue weighted by Gasteiger charge is 2.21. The fourth-order valence-corrected chi connectivity index (χ4v) is 4.19. The number of hydrogen-bond donors (Lipinski definition) is 2. The lowest BCUT2D eigenvalue weighted by Gasteiger charge is -2.20. The van der Waals surface area contributed by atoms with Gasteiger partial charge in [0.1, 0.15) is 5.75 Å². The van der Waals surface area contributed by atoms with Crippen LogP contribution in [0, 0.1) is 6.92 Å². The van der Waals surface area contributed by atoms with Gasteiger partial charge in [0.15, 0.2) is 6.61 Å². The number of aryl methyl sites for hydroxylation is 1. The van der Waals surface area contributed by atoms with Crippen molar-refractivity contribution in [2.24, 2.45) is 0 Å². The Morgan fingerprint density at radius 2 is 1.74 bits per heavy atom. The summed E-state index contributed by atoms with van der Waals surface area (Å²) in [5.74, 6) is 0.295. The molecule has 0 aromatic heterocycles. The lowest BCUT2D eigenvalue weighted by molar-refractivity contribution is -0.118. The van der Waals surface area contributed by atoms with Gasteiger partial charge in [0.25, 0.3) is 5.91 Å². The highest BCUT2D eigenvalue weighted by Crippen LogP contribution is 2.22. The average molecular weight is 455 g/mol. The molecule has 2 aromatic carbocycles. The van der Waals surface area contributed by atoms with Gasteiger partial charge in [-0.05, 0) is 75.7 Å². The van der Waals surface area contributed by atoms with E-state index in [0.29, 0.717) is 11.4 Å². The number of rotatable bonds is 6. The number of carbonyl (C=O) groups is 1. The van der Waals surface area contributed by atoms with E-state index in [1.54, 1.807) is 39.0 Å². The summed E-state index contributed by atoms with van der Waals surface area (Å²) in [5, 5.41) is 2.68. The number of amides is 1. The SMILES string of the molecule is Cc1cc(Br)ccc1OCC(=O)Nc1ccc(S(=O)(=O)NC(C)(C)C)cc1. The summed E-state index contributed by atoms with van der Waals surface area (Å²) in [6.07, 6.45) is 0. The van der Waals surface area contributed by atoms with Crippen LogP contribution in [0.15, 0.2) is 51.8 Å². The third-order valence-electron chi connectivity index (χ3n) is 3.38. The van der Waals surface area contributed by atoms with Crippen molar-refractivity contribution in [3.8, 4) is 5.75 Å². The first kappa shape index (κ1) is 21.4.